The average Bonchev–Trinajstić information content (AvgIpc) is 2.30. The lowest BCUT2D eigenvalue weighted by atomic mass is 10.1. The molecule has 0 spiro atoms. The lowest BCUT2D eigenvalue weighted by Crippen LogP contribution is -2.34. The summed E-state index contributed by atoms with van der Waals surface area (Å²) >= 11 is 3.26. The van der Waals surface area contributed by atoms with Crippen LogP contribution in [-0.2, 0) is 4.79 Å². The summed E-state index contributed by atoms with van der Waals surface area (Å²) < 4.78 is 14.2. The number of hydrogen-bond acceptors (Lipinski definition) is 1. The Hall–Kier alpha value is -1.16. The lowest BCUT2D eigenvalue weighted by Gasteiger charge is -2.15. The van der Waals surface area contributed by atoms with E-state index in [1.54, 1.807) is 12.1 Å². The van der Waals surface area contributed by atoms with Crippen molar-refractivity contribution in [3.63, 3.8) is 0 Å². The van der Waals surface area contributed by atoms with Crippen molar-refractivity contribution in [3.05, 3.63) is 40.1 Å². The third-order valence-corrected chi connectivity index (χ3v) is 3.24. The molecule has 1 atom stereocenters. The zero-order valence-corrected chi connectivity index (χ0v) is 12.3. The maximum atomic E-state index is 13.4. The van der Waals surface area contributed by atoms with Crippen LogP contribution in [0, 0.1) is 11.7 Å². The van der Waals surface area contributed by atoms with E-state index < -0.39 is 0 Å². The average molecular weight is 314 g/mol. The number of nitrogens with one attached hydrogen (secondary N) is 1. The Morgan fingerprint density at radius 2 is 2.06 bits per heavy atom. The molecule has 0 aliphatic heterocycles. The molecule has 0 aliphatic carbocycles. The Kier molecular flexibility index (Phi) is 5.54. The molecule has 0 fully saturated rings. The highest BCUT2D eigenvalue weighted by atomic mass is 79.9. The molecule has 0 saturated carbocycles. The number of carbonyl (C=O) groups is 1. The predicted octanol–water partition coefficient (Wildman–Crippen LogP) is 3.76. The van der Waals surface area contributed by atoms with Crippen molar-refractivity contribution in [2.75, 3.05) is 0 Å². The molecule has 0 bridgehead atoms. The molecule has 0 aromatic heterocycles. The minimum atomic E-state index is -0.348. The first-order chi connectivity index (χ1) is 8.40. The Labute approximate surface area is 115 Å². The summed E-state index contributed by atoms with van der Waals surface area (Å²) in [5.41, 5.74) is 0.386. The fourth-order valence-electron chi connectivity index (χ4n) is 1.25. The van der Waals surface area contributed by atoms with Crippen LogP contribution in [0.1, 0.15) is 26.3 Å². The molecule has 0 aliphatic rings. The second-order valence-corrected chi connectivity index (χ2v) is 5.46. The molecule has 0 heterocycles. The first-order valence-corrected chi connectivity index (χ1v) is 6.63. The van der Waals surface area contributed by atoms with Crippen molar-refractivity contribution < 1.29 is 9.18 Å². The fraction of sp³-hybridized carbons (Fsp3) is 0.357. The van der Waals surface area contributed by atoms with E-state index in [2.05, 4.69) is 21.2 Å². The number of halogens is 2. The Morgan fingerprint density at radius 3 is 2.67 bits per heavy atom. The smallest absolute Gasteiger partial charge is 0.244 e. The molecule has 2 nitrogen and oxygen atoms in total. The van der Waals surface area contributed by atoms with Crippen LogP contribution in [0.5, 0.6) is 0 Å². The minimum absolute atomic E-state index is 0.0921. The third kappa shape index (κ3) is 4.61. The first kappa shape index (κ1) is 14.9. The zero-order valence-electron chi connectivity index (χ0n) is 10.7. The highest BCUT2D eigenvalue weighted by Gasteiger charge is 2.08. The van der Waals surface area contributed by atoms with Gasteiger partial charge in [0.25, 0.3) is 0 Å². The number of hydrogen-bond donors (Lipinski definition) is 1. The van der Waals surface area contributed by atoms with Gasteiger partial charge in [0.1, 0.15) is 5.82 Å². The molecular weight excluding hydrogens is 297 g/mol. The van der Waals surface area contributed by atoms with E-state index in [4.69, 9.17) is 0 Å². The van der Waals surface area contributed by atoms with Gasteiger partial charge in [0.2, 0.25) is 5.91 Å². The van der Waals surface area contributed by atoms with Crippen LogP contribution in [-0.4, -0.2) is 11.9 Å². The van der Waals surface area contributed by atoms with Crippen molar-refractivity contribution in [3.8, 4) is 0 Å². The van der Waals surface area contributed by atoms with Gasteiger partial charge in [-0.3, -0.25) is 4.79 Å². The van der Waals surface area contributed by atoms with E-state index in [0.29, 0.717) is 11.5 Å². The van der Waals surface area contributed by atoms with Gasteiger partial charge in [-0.25, -0.2) is 4.39 Å². The second kappa shape index (κ2) is 6.69. The molecule has 1 amide bonds. The molecule has 0 radical (unpaired) electrons. The standard InChI is InChI=1S/C14H17BrFNO/c1-9(2)10(3)17-14(18)7-4-11-8-12(15)5-6-13(11)16/h4-10H,1-3H3,(H,17,18)/b7-4+. The van der Waals surface area contributed by atoms with Crippen LogP contribution in [0.2, 0.25) is 0 Å². The zero-order chi connectivity index (χ0) is 13.7. The van der Waals surface area contributed by atoms with E-state index in [-0.39, 0.29) is 17.8 Å². The largest absolute Gasteiger partial charge is 0.350 e. The van der Waals surface area contributed by atoms with Gasteiger partial charge in [-0.15, -0.1) is 0 Å². The van der Waals surface area contributed by atoms with Crippen molar-refractivity contribution in [1.82, 2.24) is 5.32 Å². The maximum Gasteiger partial charge on any atom is 0.244 e. The van der Waals surface area contributed by atoms with Gasteiger partial charge in [-0.05, 0) is 37.1 Å². The predicted molar refractivity (Wildman–Crippen MR) is 75.6 cm³/mol. The van der Waals surface area contributed by atoms with Gasteiger partial charge in [-0.2, -0.15) is 0 Å². The highest BCUT2D eigenvalue weighted by molar-refractivity contribution is 9.10. The molecule has 1 N–H and O–H groups in total. The first-order valence-electron chi connectivity index (χ1n) is 5.83. The number of rotatable bonds is 4. The quantitative estimate of drug-likeness (QED) is 0.842. The van der Waals surface area contributed by atoms with Gasteiger partial charge in [0.05, 0.1) is 0 Å². The van der Waals surface area contributed by atoms with Gasteiger partial charge in [0.15, 0.2) is 0 Å². The summed E-state index contributed by atoms with van der Waals surface area (Å²) in [6, 6.07) is 4.70. The topological polar surface area (TPSA) is 29.1 Å². The minimum Gasteiger partial charge on any atom is -0.350 e. The summed E-state index contributed by atoms with van der Waals surface area (Å²) in [7, 11) is 0. The Balaban J connectivity index is 2.69. The maximum absolute atomic E-state index is 13.4. The summed E-state index contributed by atoms with van der Waals surface area (Å²) in [6.07, 6.45) is 2.83. The lowest BCUT2D eigenvalue weighted by molar-refractivity contribution is -0.117. The molecule has 18 heavy (non-hydrogen) atoms. The molecule has 4 heteroatoms. The number of amides is 1. The molecule has 1 rings (SSSR count). The summed E-state index contributed by atoms with van der Waals surface area (Å²) in [6.45, 7) is 6.00. The van der Waals surface area contributed by atoms with Crippen molar-refractivity contribution in [2.24, 2.45) is 5.92 Å². The van der Waals surface area contributed by atoms with Gasteiger partial charge in [-0.1, -0.05) is 29.8 Å². The Morgan fingerprint density at radius 1 is 1.39 bits per heavy atom. The molecule has 0 saturated heterocycles. The van der Waals surface area contributed by atoms with Crippen LogP contribution in [0.25, 0.3) is 6.08 Å². The fourth-order valence-corrected chi connectivity index (χ4v) is 1.63. The van der Waals surface area contributed by atoms with Crippen LogP contribution < -0.4 is 5.32 Å². The van der Waals surface area contributed by atoms with E-state index in [9.17, 15) is 9.18 Å². The molecule has 1 unspecified atom stereocenters. The van der Waals surface area contributed by atoms with Gasteiger partial charge in [0, 0.05) is 22.2 Å². The summed E-state index contributed by atoms with van der Waals surface area (Å²) in [5.74, 6) is -0.195. The van der Waals surface area contributed by atoms with Crippen LogP contribution >= 0.6 is 15.9 Å². The highest BCUT2D eigenvalue weighted by Crippen LogP contribution is 2.16. The molecular formula is C14H17BrFNO. The molecule has 1 aromatic carbocycles. The van der Waals surface area contributed by atoms with Crippen molar-refractivity contribution >= 4 is 27.9 Å². The summed E-state index contributed by atoms with van der Waals surface area (Å²) in [5, 5.41) is 2.82. The number of carbonyl (C=O) groups excluding carboxylic acids is 1. The third-order valence-electron chi connectivity index (χ3n) is 2.74. The normalized spacial score (nSPS) is 13.0. The summed E-state index contributed by atoms with van der Waals surface area (Å²) in [4.78, 5) is 11.6. The van der Waals surface area contributed by atoms with Crippen LogP contribution in [0.3, 0.4) is 0 Å². The number of benzene rings is 1. The Bertz CT molecular complexity index is 457. The second-order valence-electron chi connectivity index (χ2n) is 4.54. The van der Waals surface area contributed by atoms with Crippen molar-refractivity contribution in [1.29, 1.82) is 0 Å². The van der Waals surface area contributed by atoms with E-state index in [1.165, 1.54) is 18.2 Å². The van der Waals surface area contributed by atoms with Crippen LogP contribution in [0.4, 0.5) is 4.39 Å². The van der Waals surface area contributed by atoms with E-state index >= 15 is 0 Å². The van der Waals surface area contributed by atoms with Crippen molar-refractivity contribution in [2.45, 2.75) is 26.8 Å². The SMILES string of the molecule is CC(C)C(C)NC(=O)/C=C/c1cc(Br)ccc1F. The van der Waals surface area contributed by atoms with Gasteiger partial charge < -0.3 is 5.32 Å². The molecule has 1 aromatic rings. The molecule has 98 valence electrons. The monoisotopic (exact) mass is 313 g/mol. The van der Waals surface area contributed by atoms with E-state index in [0.717, 1.165) is 4.47 Å². The van der Waals surface area contributed by atoms with Crippen LogP contribution in [0.15, 0.2) is 28.7 Å². The van der Waals surface area contributed by atoms with Gasteiger partial charge >= 0.3 is 0 Å². The van der Waals surface area contributed by atoms with E-state index in [1.807, 2.05) is 20.8 Å².